The first kappa shape index (κ1) is 34.7. The zero-order valence-corrected chi connectivity index (χ0v) is 27.2. The summed E-state index contributed by atoms with van der Waals surface area (Å²) >= 11 is 0. The lowest BCUT2D eigenvalue weighted by atomic mass is 9.90. The molecule has 3 aromatic rings. The smallest absolute Gasteiger partial charge is 0.408 e. The van der Waals surface area contributed by atoms with E-state index in [-0.39, 0.29) is 52.2 Å². The lowest BCUT2D eigenvalue weighted by molar-refractivity contribution is -0.268. The summed E-state index contributed by atoms with van der Waals surface area (Å²) in [6.07, 6.45) is -0.817. The highest BCUT2D eigenvalue weighted by Gasteiger charge is 2.25. The van der Waals surface area contributed by atoms with Gasteiger partial charge < -0.3 is 35.1 Å². The molecule has 0 unspecified atom stereocenters. The fourth-order valence-corrected chi connectivity index (χ4v) is 5.20. The van der Waals surface area contributed by atoms with E-state index >= 15 is 0 Å². The number of carboxylic acid groups (broad SMARTS) is 2. The Morgan fingerprint density at radius 1 is 0.920 bits per heavy atom. The van der Waals surface area contributed by atoms with Gasteiger partial charge in [-0.2, -0.15) is 0 Å². The zero-order chi connectivity index (χ0) is 36.2. The number of aliphatic carboxylic acids is 1. The topological polar surface area (TPSA) is 195 Å². The van der Waals surface area contributed by atoms with Crippen molar-refractivity contribution in [2.75, 3.05) is 6.54 Å². The third-order valence-electron chi connectivity index (χ3n) is 7.40. The Morgan fingerprint density at radius 2 is 1.64 bits per heavy atom. The maximum Gasteiger partial charge on any atom is 0.408 e. The molecule has 2 amide bonds. The molecule has 1 atom stereocenters. The summed E-state index contributed by atoms with van der Waals surface area (Å²) in [5.41, 5.74) is 1.35. The molecule has 0 bridgehead atoms. The Balaban J connectivity index is 1.29. The average molecular weight is 676 g/mol. The molecular weight excluding hydrogens is 644 g/mol. The molecule has 4 N–H and O–H groups in total. The molecule has 1 aliphatic heterocycles. The van der Waals surface area contributed by atoms with Crippen molar-refractivity contribution in [1.29, 1.82) is 0 Å². The molecule has 0 saturated heterocycles. The molecule has 0 fully saturated rings. The van der Waals surface area contributed by atoms with Crippen LogP contribution in [0.3, 0.4) is 0 Å². The molecule has 254 valence electrons. The van der Waals surface area contributed by atoms with Crippen LogP contribution in [-0.2, 0) is 16.0 Å². The van der Waals surface area contributed by atoms with Crippen molar-refractivity contribution < 1.29 is 43.7 Å². The second-order valence-electron chi connectivity index (χ2n) is 12.3. The first-order valence-corrected chi connectivity index (χ1v) is 15.3. The molecule has 1 aliphatic carbocycles. The highest BCUT2D eigenvalue weighted by Crippen LogP contribution is 2.41. The minimum atomic E-state index is -1.30. The molecule has 0 saturated carbocycles. The predicted octanol–water partition coefficient (Wildman–Crippen LogP) is 4.64. The SMILES string of the molecule is CC(C)(C)OC(=O)N[C@@H](Cc1ccc(C#CCNC(=O)c2ccc(-c3c4ccc(=O)cc-4oc4cc([O-])ccc34)c(C(=O)O)c2)cc1)C(=O)O. The van der Waals surface area contributed by atoms with Crippen molar-refractivity contribution in [3.8, 4) is 40.0 Å². The second-order valence-corrected chi connectivity index (χ2v) is 12.3. The molecule has 12 heteroatoms. The van der Waals surface area contributed by atoms with E-state index in [0.717, 1.165) is 0 Å². The molecule has 0 spiro atoms. The van der Waals surface area contributed by atoms with Gasteiger partial charge in [0.1, 0.15) is 23.0 Å². The van der Waals surface area contributed by atoms with Crippen LogP contribution in [0.5, 0.6) is 5.75 Å². The van der Waals surface area contributed by atoms with Gasteiger partial charge in [0, 0.05) is 40.1 Å². The van der Waals surface area contributed by atoms with E-state index in [2.05, 4.69) is 22.5 Å². The average Bonchev–Trinajstić information content (AvgIpc) is 3.04. The quantitative estimate of drug-likeness (QED) is 0.133. The van der Waals surface area contributed by atoms with E-state index in [1.54, 1.807) is 45.0 Å². The Morgan fingerprint density at radius 3 is 2.32 bits per heavy atom. The first-order chi connectivity index (χ1) is 23.7. The molecule has 0 radical (unpaired) electrons. The number of hydrogen-bond donors (Lipinski definition) is 4. The molecule has 5 rings (SSSR count). The lowest BCUT2D eigenvalue weighted by Gasteiger charge is -2.22. The fraction of sp³-hybridized carbons (Fsp3) is 0.184. The van der Waals surface area contributed by atoms with E-state index in [0.29, 0.717) is 27.6 Å². The Hall–Kier alpha value is -6.61. The minimum absolute atomic E-state index is 0.0175. The standard InChI is InChI=1S/C38H32N2O10/c1-38(2,3)50-37(48)40-30(36(46)47)17-22-8-6-21(7-9-22)5-4-16-39-34(43)23-10-13-26(29(18-23)35(44)45)33-27-14-11-24(41)19-31(27)49-32-20-25(42)12-15-28(32)33/h6-15,18-20,30,41H,16-17H2,1-3H3,(H,39,43)(H,40,48)(H,44,45)(H,46,47)/p-1/t30-/m0/s1. The van der Waals surface area contributed by atoms with Crippen molar-refractivity contribution in [2.24, 2.45) is 0 Å². The largest absolute Gasteiger partial charge is 0.872 e. The summed E-state index contributed by atoms with van der Waals surface area (Å²) in [5, 5.41) is 37.2. The van der Waals surface area contributed by atoms with Crippen LogP contribution in [0.1, 0.15) is 52.6 Å². The van der Waals surface area contributed by atoms with Gasteiger partial charge in [0.25, 0.3) is 5.91 Å². The van der Waals surface area contributed by atoms with Crippen LogP contribution in [-0.4, -0.2) is 52.3 Å². The van der Waals surface area contributed by atoms with Gasteiger partial charge in [-0.1, -0.05) is 42.2 Å². The van der Waals surface area contributed by atoms with Gasteiger partial charge in [-0.15, -0.1) is 5.75 Å². The number of aromatic carboxylic acids is 1. The number of carbonyl (C=O) groups excluding carboxylic acids is 2. The Kier molecular flexibility index (Phi) is 9.89. The van der Waals surface area contributed by atoms with Gasteiger partial charge in [0.15, 0.2) is 5.43 Å². The van der Waals surface area contributed by atoms with Crippen LogP contribution in [0.15, 0.2) is 88.1 Å². The number of carbonyl (C=O) groups is 4. The lowest BCUT2D eigenvalue weighted by Crippen LogP contribution is -2.44. The maximum atomic E-state index is 13.0. The molecule has 2 aliphatic rings. The van der Waals surface area contributed by atoms with E-state index in [9.17, 15) is 39.3 Å². The van der Waals surface area contributed by atoms with E-state index in [1.165, 1.54) is 54.6 Å². The molecule has 50 heavy (non-hydrogen) atoms. The third-order valence-corrected chi connectivity index (χ3v) is 7.40. The van der Waals surface area contributed by atoms with Gasteiger partial charge in [0.2, 0.25) is 0 Å². The Bertz CT molecular complexity index is 2220. The van der Waals surface area contributed by atoms with Crippen LogP contribution in [0, 0.1) is 11.8 Å². The Labute approximate surface area is 285 Å². The molecule has 3 aromatic carbocycles. The number of fused-ring (bicyclic) bond motifs is 2. The number of nitrogens with one attached hydrogen (secondary N) is 2. The fourth-order valence-electron chi connectivity index (χ4n) is 5.20. The van der Waals surface area contributed by atoms with Crippen LogP contribution in [0.4, 0.5) is 4.79 Å². The molecule has 12 nitrogen and oxygen atoms in total. The van der Waals surface area contributed by atoms with Crippen molar-refractivity contribution in [3.63, 3.8) is 0 Å². The monoisotopic (exact) mass is 675 g/mol. The van der Waals surface area contributed by atoms with Crippen molar-refractivity contribution in [3.05, 3.63) is 111 Å². The number of rotatable bonds is 8. The highest BCUT2D eigenvalue weighted by atomic mass is 16.6. The van der Waals surface area contributed by atoms with Crippen molar-refractivity contribution in [2.45, 2.75) is 38.8 Å². The zero-order valence-electron chi connectivity index (χ0n) is 27.2. The third kappa shape index (κ3) is 8.26. The van der Waals surface area contributed by atoms with Crippen LogP contribution in [0.25, 0.3) is 33.4 Å². The summed E-state index contributed by atoms with van der Waals surface area (Å²) in [4.78, 5) is 61.2. The van der Waals surface area contributed by atoms with E-state index in [4.69, 9.17) is 9.15 Å². The van der Waals surface area contributed by atoms with Gasteiger partial charge in [-0.3, -0.25) is 9.59 Å². The van der Waals surface area contributed by atoms with Crippen LogP contribution >= 0.6 is 0 Å². The maximum absolute atomic E-state index is 13.0. The first-order valence-electron chi connectivity index (χ1n) is 15.3. The highest BCUT2D eigenvalue weighted by molar-refractivity contribution is 6.09. The molecular formula is C38H31N2O10-. The van der Waals surface area contributed by atoms with Crippen LogP contribution < -0.4 is 21.2 Å². The van der Waals surface area contributed by atoms with E-state index < -0.39 is 35.6 Å². The normalized spacial score (nSPS) is 11.7. The van der Waals surface area contributed by atoms with Crippen molar-refractivity contribution >= 4 is 34.9 Å². The minimum Gasteiger partial charge on any atom is -0.872 e. The number of alkyl carbamates (subject to hydrolysis) is 1. The molecule has 1 heterocycles. The second kappa shape index (κ2) is 14.2. The van der Waals surface area contributed by atoms with Gasteiger partial charge >= 0.3 is 18.0 Å². The van der Waals surface area contributed by atoms with Crippen molar-refractivity contribution in [1.82, 2.24) is 10.6 Å². The number of carboxylic acids is 2. The van der Waals surface area contributed by atoms with Gasteiger partial charge in [0.05, 0.1) is 12.1 Å². The number of benzene rings is 4. The van der Waals surface area contributed by atoms with E-state index in [1.807, 2.05) is 0 Å². The summed E-state index contributed by atoms with van der Waals surface area (Å²) in [6.45, 7) is 4.96. The van der Waals surface area contributed by atoms with Gasteiger partial charge in [-0.05, 0) is 74.4 Å². The van der Waals surface area contributed by atoms with Crippen LogP contribution in [0.2, 0.25) is 0 Å². The molecule has 0 aromatic heterocycles. The summed E-state index contributed by atoms with van der Waals surface area (Å²) in [7, 11) is 0. The summed E-state index contributed by atoms with van der Waals surface area (Å²) < 4.78 is 11.0. The number of ether oxygens (including phenoxy) is 1. The summed E-state index contributed by atoms with van der Waals surface area (Å²) in [5.74, 6) is 2.50. The van der Waals surface area contributed by atoms with Gasteiger partial charge in [-0.25, -0.2) is 14.4 Å². The predicted molar refractivity (Wildman–Crippen MR) is 181 cm³/mol. The summed E-state index contributed by atoms with van der Waals surface area (Å²) in [6, 6.07) is 17.9. The number of amides is 2. The number of hydrogen-bond acceptors (Lipinski definition) is 8.